The predicted molar refractivity (Wildman–Crippen MR) is 110 cm³/mol. The molecule has 0 aliphatic rings. The van der Waals surface area contributed by atoms with Crippen molar-refractivity contribution in [3.63, 3.8) is 0 Å². The lowest BCUT2D eigenvalue weighted by Crippen LogP contribution is -2.41. The van der Waals surface area contributed by atoms with Crippen molar-refractivity contribution < 1.29 is 9.90 Å². The van der Waals surface area contributed by atoms with E-state index in [1.165, 1.54) is 6.08 Å². The molecule has 0 atom stereocenters. The Morgan fingerprint density at radius 2 is 1.54 bits per heavy atom. The zero-order chi connectivity index (χ0) is 18.7. The van der Waals surface area contributed by atoms with E-state index in [4.69, 9.17) is 28.3 Å². The molecule has 0 saturated carbocycles. The van der Waals surface area contributed by atoms with E-state index in [-0.39, 0.29) is 0 Å². The summed E-state index contributed by atoms with van der Waals surface area (Å²) in [5.74, 6) is -1.01. The minimum atomic E-state index is -1.72. The van der Waals surface area contributed by atoms with E-state index in [2.05, 4.69) is 41.5 Å². The number of halogens is 2. The molecule has 0 fully saturated rings. The topological polar surface area (TPSA) is 37.3 Å². The van der Waals surface area contributed by atoms with Crippen LogP contribution in [0.5, 0.6) is 0 Å². The highest BCUT2D eigenvalue weighted by Crippen LogP contribution is 2.53. The third-order valence-electron chi connectivity index (χ3n) is 4.48. The first-order chi connectivity index (χ1) is 11.0. The Balaban J connectivity index is 3.32. The summed E-state index contributed by atoms with van der Waals surface area (Å²) in [5, 5.41) is 9.70. The molecule has 1 aromatic rings. The molecule has 0 unspecified atom stereocenters. The van der Waals surface area contributed by atoms with Crippen molar-refractivity contribution in [1.29, 1.82) is 0 Å². The van der Waals surface area contributed by atoms with Crippen LogP contribution in [0, 0.1) is 0 Å². The Kier molecular flexibility index (Phi) is 7.92. The SMILES string of the molecule is CC(C)[Si](Sc1ccc(/C=C/C(=O)O)c(Cl)c1Cl)(C(C)C)C(C)C. The average Bonchev–Trinajstić information content (AvgIpc) is 2.46. The van der Waals surface area contributed by atoms with Gasteiger partial charge in [0.2, 0.25) is 0 Å². The van der Waals surface area contributed by atoms with E-state index < -0.39 is 13.2 Å². The van der Waals surface area contributed by atoms with Crippen LogP contribution in [0.2, 0.25) is 26.7 Å². The lowest BCUT2D eigenvalue weighted by Gasteiger charge is -2.42. The number of benzene rings is 1. The largest absolute Gasteiger partial charge is 0.478 e. The van der Waals surface area contributed by atoms with E-state index >= 15 is 0 Å². The maximum atomic E-state index is 10.7. The fourth-order valence-electron chi connectivity index (χ4n) is 3.46. The van der Waals surface area contributed by atoms with Gasteiger partial charge in [0.1, 0.15) is 7.22 Å². The van der Waals surface area contributed by atoms with Crippen molar-refractivity contribution in [1.82, 2.24) is 0 Å². The summed E-state index contributed by atoms with van der Waals surface area (Å²) >= 11 is 14.8. The van der Waals surface area contributed by atoms with Crippen molar-refractivity contribution in [2.24, 2.45) is 0 Å². The van der Waals surface area contributed by atoms with Gasteiger partial charge in [-0.15, -0.1) is 11.2 Å². The molecule has 1 aromatic carbocycles. The van der Waals surface area contributed by atoms with Crippen LogP contribution in [-0.4, -0.2) is 18.3 Å². The highest BCUT2D eigenvalue weighted by Gasteiger charge is 2.44. The molecule has 0 saturated heterocycles. The maximum Gasteiger partial charge on any atom is 0.328 e. The summed E-state index contributed by atoms with van der Waals surface area (Å²) in [6, 6.07) is 3.81. The molecular weight excluding hydrogens is 379 g/mol. The van der Waals surface area contributed by atoms with Crippen LogP contribution in [0.3, 0.4) is 0 Å². The predicted octanol–water partition coefficient (Wildman–Crippen LogP) is 7.36. The maximum absolute atomic E-state index is 10.7. The van der Waals surface area contributed by atoms with Gasteiger partial charge in [-0.3, -0.25) is 0 Å². The van der Waals surface area contributed by atoms with E-state index in [1.807, 2.05) is 23.3 Å². The highest BCUT2D eigenvalue weighted by atomic mass is 35.5. The van der Waals surface area contributed by atoms with Crippen molar-refractivity contribution in [2.75, 3.05) is 0 Å². The molecule has 0 aliphatic carbocycles. The van der Waals surface area contributed by atoms with Crippen LogP contribution in [0.15, 0.2) is 23.1 Å². The normalized spacial score (nSPS) is 12.8. The summed E-state index contributed by atoms with van der Waals surface area (Å²) < 4.78 is 0. The average molecular weight is 405 g/mol. The summed E-state index contributed by atoms with van der Waals surface area (Å²) in [6.45, 7) is 13.8. The lowest BCUT2D eigenvalue weighted by atomic mass is 10.2. The summed E-state index contributed by atoms with van der Waals surface area (Å²) in [5.41, 5.74) is 2.43. The molecule has 1 rings (SSSR count). The van der Waals surface area contributed by atoms with Gasteiger partial charge in [-0.2, -0.15) is 0 Å². The molecule has 0 aliphatic heterocycles. The fourth-order valence-corrected chi connectivity index (χ4v) is 13.4. The van der Waals surface area contributed by atoms with Gasteiger partial charge < -0.3 is 5.11 Å². The van der Waals surface area contributed by atoms with Crippen LogP contribution in [0.4, 0.5) is 0 Å². The molecule has 0 aromatic heterocycles. The number of carboxylic acids is 1. The molecule has 24 heavy (non-hydrogen) atoms. The second-order valence-corrected chi connectivity index (χ2v) is 16.2. The molecule has 2 nitrogen and oxygen atoms in total. The van der Waals surface area contributed by atoms with Gasteiger partial charge in [0.25, 0.3) is 0 Å². The van der Waals surface area contributed by atoms with Crippen LogP contribution in [-0.2, 0) is 4.79 Å². The van der Waals surface area contributed by atoms with Gasteiger partial charge in [-0.25, -0.2) is 4.79 Å². The first kappa shape index (κ1) is 21.6. The van der Waals surface area contributed by atoms with E-state index in [9.17, 15) is 4.79 Å². The number of hydrogen-bond donors (Lipinski definition) is 1. The Labute approximate surface area is 160 Å². The van der Waals surface area contributed by atoms with Crippen molar-refractivity contribution in [3.8, 4) is 0 Å². The minimum Gasteiger partial charge on any atom is -0.478 e. The van der Waals surface area contributed by atoms with E-state index in [1.54, 1.807) is 0 Å². The summed E-state index contributed by atoms with van der Waals surface area (Å²) in [4.78, 5) is 11.7. The Morgan fingerprint density at radius 1 is 1.04 bits per heavy atom. The van der Waals surface area contributed by atoms with Gasteiger partial charge in [0.05, 0.1) is 10.0 Å². The standard InChI is InChI=1S/C18H26Cl2O2SSi/c1-11(2)24(12(3)4,13(5)6)23-15-9-7-14(8-10-16(21)22)17(19)18(15)20/h7-13H,1-6H3,(H,21,22)/b10-8+. The van der Waals surface area contributed by atoms with Crippen LogP contribution in [0.25, 0.3) is 6.08 Å². The Morgan fingerprint density at radius 3 is 1.96 bits per heavy atom. The van der Waals surface area contributed by atoms with Crippen molar-refractivity contribution >= 4 is 53.7 Å². The Bertz CT molecular complexity index is 606. The quantitative estimate of drug-likeness (QED) is 0.380. The number of rotatable bonds is 7. The first-order valence-electron chi connectivity index (χ1n) is 8.12. The summed E-state index contributed by atoms with van der Waals surface area (Å²) in [6.07, 6.45) is 2.54. The summed E-state index contributed by atoms with van der Waals surface area (Å²) in [7, 11) is -1.72. The van der Waals surface area contributed by atoms with Gasteiger partial charge in [-0.05, 0) is 34.3 Å². The van der Waals surface area contributed by atoms with Crippen LogP contribution >= 0.6 is 34.4 Å². The van der Waals surface area contributed by atoms with Gasteiger partial charge in [0, 0.05) is 11.0 Å². The third kappa shape index (κ3) is 4.60. The molecule has 1 N–H and O–H groups in total. The van der Waals surface area contributed by atoms with Gasteiger partial charge >= 0.3 is 5.97 Å². The fraction of sp³-hybridized carbons (Fsp3) is 0.500. The smallest absolute Gasteiger partial charge is 0.328 e. The Hall–Kier alpha value is -0.423. The zero-order valence-electron chi connectivity index (χ0n) is 15.1. The van der Waals surface area contributed by atoms with E-state index in [0.29, 0.717) is 32.2 Å². The van der Waals surface area contributed by atoms with Crippen molar-refractivity contribution in [3.05, 3.63) is 33.8 Å². The number of carboxylic acid groups (broad SMARTS) is 1. The highest BCUT2D eigenvalue weighted by molar-refractivity contribution is 8.29. The second kappa shape index (κ2) is 8.79. The lowest BCUT2D eigenvalue weighted by molar-refractivity contribution is -0.131. The second-order valence-electron chi connectivity index (χ2n) is 6.87. The van der Waals surface area contributed by atoms with E-state index in [0.717, 1.165) is 11.0 Å². The van der Waals surface area contributed by atoms with Crippen molar-refractivity contribution in [2.45, 2.75) is 63.1 Å². The van der Waals surface area contributed by atoms with Crippen LogP contribution in [0.1, 0.15) is 47.1 Å². The monoisotopic (exact) mass is 404 g/mol. The first-order valence-corrected chi connectivity index (χ1v) is 12.6. The minimum absolute atomic E-state index is 0.415. The zero-order valence-corrected chi connectivity index (χ0v) is 18.4. The van der Waals surface area contributed by atoms with Crippen LogP contribution < -0.4 is 0 Å². The molecule has 0 heterocycles. The number of carbonyl (C=O) groups is 1. The molecule has 0 amide bonds. The molecule has 6 heteroatoms. The van der Waals surface area contributed by atoms with Gasteiger partial charge in [0.15, 0.2) is 0 Å². The molecular formula is C18H26Cl2O2SSi. The third-order valence-corrected chi connectivity index (χ3v) is 17.8. The number of aliphatic carboxylic acids is 1. The molecule has 0 radical (unpaired) electrons. The molecule has 0 bridgehead atoms. The molecule has 134 valence electrons. The molecule has 0 spiro atoms. The number of hydrogen-bond acceptors (Lipinski definition) is 2. The van der Waals surface area contributed by atoms with Gasteiger partial charge in [-0.1, -0.05) is 70.8 Å².